The average Bonchev–Trinajstić information content (AvgIpc) is 2.81. The third-order valence-corrected chi connectivity index (χ3v) is 2.63. The van der Waals surface area contributed by atoms with Crippen LogP contribution in [0.1, 0.15) is 35.9 Å². The van der Waals surface area contributed by atoms with Crippen molar-refractivity contribution in [3.63, 3.8) is 0 Å². The number of hydrogen-bond acceptors (Lipinski definition) is 6. The summed E-state index contributed by atoms with van der Waals surface area (Å²) in [7, 11) is 0. The molecule has 0 aliphatic heterocycles. The summed E-state index contributed by atoms with van der Waals surface area (Å²) >= 11 is 0. The molecule has 2 N–H and O–H groups in total. The monoisotopic (exact) mass is 289 g/mol. The van der Waals surface area contributed by atoms with Crippen molar-refractivity contribution in [2.75, 3.05) is 17.2 Å². The zero-order valence-corrected chi connectivity index (χ0v) is 12.6. The molecule has 1 amide bonds. The summed E-state index contributed by atoms with van der Waals surface area (Å²) in [5, 5.41) is 9.54. The van der Waals surface area contributed by atoms with Gasteiger partial charge in [0.1, 0.15) is 23.1 Å². The predicted octanol–water partition coefficient (Wildman–Crippen LogP) is 2.40. The molecule has 7 nitrogen and oxygen atoms in total. The standard InChI is InChI=1S/C14H19N5O2/c1-8(2)7-15-12-6-11(16-10(4)17-12)14(20)18-13-5-9(3)21-19-13/h5-6,8H,7H2,1-4H3,(H,15,16,17)(H,18,19,20). The van der Waals surface area contributed by atoms with E-state index in [1.54, 1.807) is 26.0 Å². The Morgan fingerprint density at radius 1 is 1.24 bits per heavy atom. The number of nitrogens with one attached hydrogen (secondary N) is 2. The van der Waals surface area contributed by atoms with Crippen LogP contribution in [0.4, 0.5) is 11.6 Å². The van der Waals surface area contributed by atoms with Crippen LogP contribution in [0.15, 0.2) is 16.7 Å². The first-order valence-electron chi connectivity index (χ1n) is 6.78. The van der Waals surface area contributed by atoms with Gasteiger partial charge in [-0.3, -0.25) is 4.79 Å². The quantitative estimate of drug-likeness (QED) is 0.878. The van der Waals surface area contributed by atoms with Gasteiger partial charge in [-0.1, -0.05) is 19.0 Å². The third kappa shape index (κ3) is 4.27. The van der Waals surface area contributed by atoms with Gasteiger partial charge in [-0.15, -0.1) is 0 Å². The molecule has 7 heteroatoms. The molecule has 2 aromatic rings. The molecule has 0 fully saturated rings. The van der Waals surface area contributed by atoms with Crippen LogP contribution in [0.5, 0.6) is 0 Å². The maximum absolute atomic E-state index is 12.2. The highest BCUT2D eigenvalue weighted by atomic mass is 16.5. The Morgan fingerprint density at radius 3 is 2.62 bits per heavy atom. The molecule has 21 heavy (non-hydrogen) atoms. The lowest BCUT2D eigenvalue weighted by Crippen LogP contribution is -2.17. The molecule has 0 saturated heterocycles. The summed E-state index contributed by atoms with van der Waals surface area (Å²) in [4.78, 5) is 20.6. The third-order valence-electron chi connectivity index (χ3n) is 2.63. The Labute approximate surface area is 123 Å². The van der Waals surface area contributed by atoms with Gasteiger partial charge in [0.2, 0.25) is 0 Å². The summed E-state index contributed by atoms with van der Waals surface area (Å²) in [6.45, 7) is 8.48. The first kappa shape index (κ1) is 15.0. The zero-order chi connectivity index (χ0) is 15.4. The predicted molar refractivity (Wildman–Crippen MR) is 79.3 cm³/mol. The summed E-state index contributed by atoms with van der Waals surface area (Å²) in [5.41, 5.74) is 0.286. The molecular weight excluding hydrogens is 270 g/mol. The van der Waals surface area contributed by atoms with Gasteiger partial charge in [0.05, 0.1) is 0 Å². The molecule has 0 bridgehead atoms. The topological polar surface area (TPSA) is 92.9 Å². The van der Waals surface area contributed by atoms with E-state index in [2.05, 4.69) is 39.6 Å². The van der Waals surface area contributed by atoms with Crippen molar-refractivity contribution in [3.8, 4) is 0 Å². The van der Waals surface area contributed by atoms with Crippen molar-refractivity contribution in [3.05, 3.63) is 29.4 Å². The fourth-order valence-corrected chi connectivity index (χ4v) is 1.69. The van der Waals surface area contributed by atoms with Crippen LogP contribution in [-0.2, 0) is 0 Å². The molecule has 112 valence electrons. The summed E-state index contributed by atoms with van der Waals surface area (Å²) < 4.78 is 4.90. The van der Waals surface area contributed by atoms with Gasteiger partial charge in [-0.2, -0.15) is 0 Å². The number of carbonyl (C=O) groups excluding carboxylic acids is 1. The van der Waals surface area contributed by atoms with E-state index in [9.17, 15) is 4.79 Å². The number of hydrogen-bond donors (Lipinski definition) is 2. The van der Waals surface area contributed by atoms with Crippen LogP contribution in [0.25, 0.3) is 0 Å². The molecule has 0 unspecified atom stereocenters. The first-order valence-corrected chi connectivity index (χ1v) is 6.78. The van der Waals surface area contributed by atoms with Gasteiger partial charge in [0, 0.05) is 18.7 Å². The second-order valence-corrected chi connectivity index (χ2v) is 5.24. The number of rotatable bonds is 5. The smallest absolute Gasteiger partial charge is 0.275 e. The van der Waals surface area contributed by atoms with Crippen LogP contribution in [0.3, 0.4) is 0 Å². The lowest BCUT2D eigenvalue weighted by atomic mass is 10.2. The Hall–Kier alpha value is -2.44. The molecule has 2 aromatic heterocycles. The number of amides is 1. The van der Waals surface area contributed by atoms with Crippen molar-refractivity contribution in [1.82, 2.24) is 15.1 Å². The molecule has 0 radical (unpaired) electrons. The molecule has 0 atom stereocenters. The second kappa shape index (κ2) is 6.34. The van der Waals surface area contributed by atoms with Gasteiger partial charge < -0.3 is 15.2 Å². The minimum absolute atomic E-state index is 0.286. The van der Waals surface area contributed by atoms with E-state index in [0.29, 0.717) is 29.1 Å². The van der Waals surface area contributed by atoms with Crippen molar-refractivity contribution in [2.24, 2.45) is 5.92 Å². The second-order valence-electron chi connectivity index (χ2n) is 5.24. The number of carbonyl (C=O) groups is 1. The largest absolute Gasteiger partial charge is 0.370 e. The van der Waals surface area contributed by atoms with E-state index in [1.807, 2.05) is 0 Å². The van der Waals surface area contributed by atoms with E-state index < -0.39 is 0 Å². The molecule has 0 spiro atoms. The van der Waals surface area contributed by atoms with Gasteiger partial charge in [-0.05, 0) is 19.8 Å². The summed E-state index contributed by atoms with van der Waals surface area (Å²) in [5.74, 6) is 2.30. The molecular formula is C14H19N5O2. The van der Waals surface area contributed by atoms with Crippen molar-refractivity contribution in [1.29, 1.82) is 0 Å². The van der Waals surface area contributed by atoms with Crippen LogP contribution < -0.4 is 10.6 Å². The first-order chi connectivity index (χ1) is 9.94. The van der Waals surface area contributed by atoms with Crippen molar-refractivity contribution < 1.29 is 9.32 Å². The minimum atomic E-state index is -0.346. The Kier molecular flexibility index (Phi) is 4.52. The molecule has 2 rings (SSSR count). The van der Waals surface area contributed by atoms with Crippen molar-refractivity contribution >= 4 is 17.5 Å². The van der Waals surface area contributed by atoms with Gasteiger partial charge in [0.15, 0.2) is 5.82 Å². The maximum atomic E-state index is 12.2. The zero-order valence-electron chi connectivity index (χ0n) is 12.6. The Morgan fingerprint density at radius 2 is 2.00 bits per heavy atom. The highest BCUT2D eigenvalue weighted by Crippen LogP contribution is 2.11. The van der Waals surface area contributed by atoms with Gasteiger partial charge in [0.25, 0.3) is 5.91 Å². The van der Waals surface area contributed by atoms with Gasteiger partial charge >= 0.3 is 0 Å². The molecule has 0 aliphatic rings. The van der Waals surface area contributed by atoms with Crippen LogP contribution in [0.2, 0.25) is 0 Å². The molecule has 0 aliphatic carbocycles. The number of aromatic nitrogens is 3. The van der Waals surface area contributed by atoms with Crippen molar-refractivity contribution in [2.45, 2.75) is 27.7 Å². The number of aryl methyl sites for hydroxylation is 2. The highest BCUT2D eigenvalue weighted by Gasteiger charge is 2.13. The van der Waals surface area contributed by atoms with E-state index >= 15 is 0 Å². The fraction of sp³-hybridized carbons (Fsp3) is 0.429. The number of nitrogens with zero attached hydrogens (tertiary/aromatic N) is 3. The van der Waals surface area contributed by atoms with Gasteiger partial charge in [-0.25, -0.2) is 9.97 Å². The normalized spacial score (nSPS) is 10.7. The molecule has 2 heterocycles. The van der Waals surface area contributed by atoms with E-state index in [4.69, 9.17) is 4.52 Å². The highest BCUT2D eigenvalue weighted by molar-refractivity contribution is 6.02. The lowest BCUT2D eigenvalue weighted by molar-refractivity contribution is 0.102. The molecule has 0 aromatic carbocycles. The van der Waals surface area contributed by atoms with Crippen LogP contribution in [0, 0.1) is 19.8 Å². The summed E-state index contributed by atoms with van der Waals surface area (Å²) in [6.07, 6.45) is 0. The number of anilines is 2. The SMILES string of the molecule is Cc1nc(NCC(C)C)cc(C(=O)Nc2cc(C)on2)n1. The van der Waals surface area contributed by atoms with E-state index in [1.165, 1.54) is 0 Å². The van der Waals surface area contributed by atoms with Crippen LogP contribution >= 0.6 is 0 Å². The average molecular weight is 289 g/mol. The van der Waals surface area contributed by atoms with Crippen LogP contribution in [-0.4, -0.2) is 27.6 Å². The molecule has 0 saturated carbocycles. The summed E-state index contributed by atoms with van der Waals surface area (Å²) in [6, 6.07) is 3.27. The Bertz CT molecular complexity index is 636. The minimum Gasteiger partial charge on any atom is -0.370 e. The van der Waals surface area contributed by atoms with E-state index in [-0.39, 0.29) is 11.6 Å². The van der Waals surface area contributed by atoms with E-state index in [0.717, 1.165) is 6.54 Å². The lowest BCUT2D eigenvalue weighted by Gasteiger charge is -2.10. The fourth-order valence-electron chi connectivity index (χ4n) is 1.69. The Balaban J connectivity index is 2.12. The maximum Gasteiger partial charge on any atom is 0.275 e.